The molecule has 9 heteroatoms. The summed E-state index contributed by atoms with van der Waals surface area (Å²) in [5.74, 6) is 0.996. The summed E-state index contributed by atoms with van der Waals surface area (Å²) in [6.07, 6.45) is 4.79. The molecule has 0 fully saturated rings. The van der Waals surface area contributed by atoms with E-state index >= 15 is 0 Å². The van der Waals surface area contributed by atoms with E-state index in [-0.39, 0.29) is 0 Å². The van der Waals surface area contributed by atoms with Gasteiger partial charge in [0.2, 0.25) is 0 Å². The van der Waals surface area contributed by atoms with Crippen molar-refractivity contribution < 1.29 is 30.7 Å². The van der Waals surface area contributed by atoms with Crippen molar-refractivity contribution >= 4 is 17.9 Å². The molecule has 0 spiro atoms. The number of phosphoric ester groups is 1. The highest BCUT2D eigenvalue weighted by Crippen LogP contribution is 2.47. The van der Waals surface area contributed by atoms with Gasteiger partial charge in [-0.3, -0.25) is 17.8 Å². The maximum atomic E-state index is 11.2. The minimum absolute atomic E-state index is 0.421. The first-order chi connectivity index (χ1) is 6.89. The summed E-state index contributed by atoms with van der Waals surface area (Å²) < 4.78 is 50.6. The van der Waals surface area contributed by atoms with Crippen LogP contribution in [0.25, 0.3) is 0 Å². The molecule has 0 bridgehead atoms. The van der Waals surface area contributed by atoms with E-state index in [1.165, 1.54) is 0 Å². The molecule has 88 valence electrons. The van der Waals surface area contributed by atoms with Gasteiger partial charge in [-0.15, -0.1) is 6.42 Å². The van der Waals surface area contributed by atoms with Crippen LogP contribution in [0, 0.1) is 12.3 Å². The highest BCUT2D eigenvalue weighted by molar-refractivity contribution is 7.86. The van der Waals surface area contributed by atoms with Crippen molar-refractivity contribution in [3.05, 3.63) is 0 Å². The Bertz CT molecular complexity index is 359. The maximum absolute atomic E-state index is 11.2. The van der Waals surface area contributed by atoms with Crippen molar-refractivity contribution in [2.75, 3.05) is 26.8 Å². The molecule has 0 saturated heterocycles. The third-order valence-corrected chi connectivity index (χ3v) is 3.52. The van der Waals surface area contributed by atoms with Gasteiger partial charge in [-0.05, 0) is 0 Å². The van der Waals surface area contributed by atoms with Gasteiger partial charge >= 0.3 is 7.82 Å². The van der Waals surface area contributed by atoms with Crippen LogP contribution in [0.1, 0.15) is 0 Å². The van der Waals surface area contributed by atoms with Crippen molar-refractivity contribution in [3.8, 4) is 12.3 Å². The quantitative estimate of drug-likeness (QED) is 0.369. The normalized spacial score (nSPS) is 12.3. The lowest BCUT2D eigenvalue weighted by molar-refractivity contribution is 0.165. The average Bonchev–Trinajstić information content (AvgIpc) is 2.23. The van der Waals surface area contributed by atoms with E-state index in [9.17, 15) is 13.0 Å². The van der Waals surface area contributed by atoms with Crippen LogP contribution in [0.3, 0.4) is 0 Å². The Labute approximate surface area is 88.4 Å². The molecule has 0 aliphatic heterocycles. The lowest BCUT2D eigenvalue weighted by atomic mass is 10.8. The van der Waals surface area contributed by atoms with Gasteiger partial charge in [0, 0.05) is 14.2 Å². The second-order valence-electron chi connectivity index (χ2n) is 2.08. The van der Waals surface area contributed by atoms with Crippen LogP contribution in [0.15, 0.2) is 0 Å². The van der Waals surface area contributed by atoms with Gasteiger partial charge in [-0.2, -0.15) is 8.42 Å². The predicted molar refractivity (Wildman–Crippen MR) is 51.3 cm³/mol. The summed E-state index contributed by atoms with van der Waals surface area (Å²) in [5.41, 5.74) is 0. The summed E-state index contributed by atoms with van der Waals surface area (Å²) in [7, 11) is -5.71. The molecule has 0 aromatic heterocycles. The van der Waals surface area contributed by atoms with Crippen LogP contribution in [0.4, 0.5) is 0 Å². The molecule has 0 saturated carbocycles. The van der Waals surface area contributed by atoms with Crippen molar-refractivity contribution in [2.24, 2.45) is 0 Å². The lowest BCUT2D eigenvalue weighted by Gasteiger charge is -2.12. The molecule has 0 rings (SSSR count). The zero-order valence-corrected chi connectivity index (χ0v) is 9.92. The monoisotopic (exact) mass is 258 g/mol. The second-order valence-corrected chi connectivity index (χ2v) is 5.55. The molecule has 0 aromatic carbocycles. The summed E-state index contributed by atoms with van der Waals surface area (Å²) >= 11 is 0. The second kappa shape index (κ2) is 6.23. The van der Waals surface area contributed by atoms with Gasteiger partial charge in [0.15, 0.2) is 5.94 Å². The SMILES string of the molecule is C#CCOS(=O)(=O)COP(=O)(OC)OC. The molecule has 0 amide bonds. The smallest absolute Gasteiger partial charge is 0.290 e. The van der Waals surface area contributed by atoms with E-state index in [1.807, 2.05) is 5.92 Å². The van der Waals surface area contributed by atoms with E-state index < -0.39 is 30.5 Å². The van der Waals surface area contributed by atoms with Gasteiger partial charge in [0.05, 0.1) is 0 Å². The zero-order valence-electron chi connectivity index (χ0n) is 8.20. The summed E-state index contributed by atoms with van der Waals surface area (Å²) in [6.45, 7) is -0.421. The van der Waals surface area contributed by atoms with E-state index in [4.69, 9.17) is 6.42 Å². The number of phosphoric acid groups is 1. The zero-order chi connectivity index (χ0) is 11.9. The third kappa shape index (κ3) is 5.89. The van der Waals surface area contributed by atoms with Gasteiger partial charge in [0.25, 0.3) is 10.1 Å². The molecule has 0 unspecified atom stereocenters. The highest BCUT2D eigenvalue weighted by Gasteiger charge is 2.26. The van der Waals surface area contributed by atoms with Crippen molar-refractivity contribution in [3.63, 3.8) is 0 Å². The summed E-state index contributed by atoms with van der Waals surface area (Å²) in [5, 5.41) is 0. The molecular formula is C6H11O7PS. The molecule has 0 N–H and O–H groups in total. The molecular weight excluding hydrogens is 247 g/mol. The van der Waals surface area contributed by atoms with E-state index in [1.54, 1.807) is 0 Å². The molecule has 0 atom stereocenters. The van der Waals surface area contributed by atoms with Gasteiger partial charge in [-0.1, -0.05) is 5.92 Å². The van der Waals surface area contributed by atoms with E-state index in [0.29, 0.717) is 0 Å². The molecule has 0 heterocycles. The number of terminal acetylenes is 1. The Morgan fingerprint density at radius 1 is 1.33 bits per heavy atom. The Hall–Kier alpha value is -0.420. The Morgan fingerprint density at radius 2 is 1.87 bits per heavy atom. The van der Waals surface area contributed by atoms with Gasteiger partial charge in [-0.25, -0.2) is 4.57 Å². The van der Waals surface area contributed by atoms with Crippen LogP contribution < -0.4 is 0 Å². The van der Waals surface area contributed by atoms with Crippen LogP contribution >= 0.6 is 7.82 Å². The van der Waals surface area contributed by atoms with Crippen LogP contribution in [-0.2, 0) is 32.4 Å². The van der Waals surface area contributed by atoms with Crippen molar-refractivity contribution in [1.29, 1.82) is 0 Å². The maximum Gasteiger partial charge on any atom is 0.475 e. The topological polar surface area (TPSA) is 88.1 Å². The van der Waals surface area contributed by atoms with Crippen molar-refractivity contribution in [2.45, 2.75) is 0 Å². The molecule has 15 heavy (non-hydrogen) atoms. The van der Waals surface area contributed by atoms with Gasteiger partial charge < -0.3 is 0 Å². The Balaban J connectivity index is 4.27. The fourth-order valence-corrected chi connectivity index (χ4v) is 2.18. The van der Waals surface area contributed by atoms with Crippen LogP contribution in [0.5, 0.6) is 0 Å². The minimum atomic E-state index is -3.99. The van der Waals surface area contributed by atoms with Crippen LogP contribution in [0.2, 0.25) is 0 Å². The standard InChI is InChI=1S/C6H11O7PS/c1-4-5-13-15(8,9)6-12-14(7,10-2)11-3/h1H,5-6H2,2-3H3. The van der Waals surface area contributed by atoms with E-state index in [2.05, 4.69) is 17.8 Å². The summed E-state index contributed by atoms with van der Waals surface area (Å²) in [4.78, 5) is 0. The Morgan fingerprint density at radius 3 is 2.27 bits per heavy atom. The van der Waals surface area contributed by atoms with Crippen LogP contribution in [-0.4, -0.2) is 35.2 Å². The first-order valence-corrected chi connectivity index (χ1v) is 6.59. The fourth-order valence-electron chi connectivity index (χ4n) is 0.467. The van der Waals surface area contributed by atoms with Crippen molar-refractivity contribution in [1.82, 2.24) is 0 Å². The predicted octanol–water partition coefficient (Wildman–Crippen LogP) is 0.341. The lowest BCUT2D eigenvalue weighted by Crippen LogP contribution is -2.13. The first kappa shape index (κ1) is 14.6. The number of hydrogen-bond donors (Lipinski definition) is 0. The minimum Gasteiger partial charge on any atom is -0.290 e. The third-order valence-electron chi connectivity index (χ3n) is 1.12. The molecule has 0 aliphatic rings. The molecule has 7 nitrogen and oxygen atoms in total. The largest absolute Gasteiger partial charge is 0.475 e. The first-order valence-electron chi connectivity index (χ1n) is 3.56. The fraction of sp³-hybridized carbons (Fsp3) is 0.667. The van der Waals surface area contributed by atoms with Gasteiger partial charge in [0.1, 0.15) is 6.61 Å². The molecule has 0 aliphatic carbocycles. The number of hydrogen-bond acceptors (Lipinski definition) is 7. The average molecular weight is 258 g/mol. The van der Waals surface area contributed by atoms with E-state index in [0.717, 1.165) is 14.2 Å². The highest BCUT2D eigenvalue weighted by atomic mass is 32.2. The molecule has 0 radical (unpaired) electrons. The molecule has 0 aromatic rings. The summed E-state index contributed by atoms with van der Waals surface area (Å²) in [6, 6.07) is 0. The Kier molecular flexibility index (Phi) is 6.05. The number of rotatable bonds is 7.